The second kappa shape index (κ2) is 16.2. The maximum atomic E-state index is 14.6. The summed E-state index contributed by atoms with van der Waals surface area (Å²) in [7, 11) is -4.56. The van der Waals surface area contributed by atoms with Crippen molar-refractivity contribution >= 4 is 43.5 Å². The molecule has 264 valence electrons. The predicted octanol–water partition coefficient (Wildman–Crippen LogP) is 8.06. The van der Waals surface area contributed by atoms with Gasteiger partial charge in [0.05, 0.1) is 16.1 Å². The van der Waals surface area contributed by atoms with Gasteiger partial charge >= 0.3 is 6.18 Å². The number of aryl methyl sites for hydroxylation is 1. The number of carbonyl (C=O) groups is 2. The van der Waals surface area contributed by atoms with Gasteiger partial charge in [0.25, 0.3) is 10.0 Å². The molecular formula is C38H39BrF3N3O4S. The Morgan fingerprint density at radius 2 is 1.52 bits per heavy atom. The lowest BCUT2D eigenvalue weighted by atomic mass is 9.94. The lowest BCUT2D eigenvalue weighted by Crippen LogP contribution is -2.55. The molecule has 5 rings (SSSR count). The van der Waals surface area contributed by atoms with Crippen LogP contribution in [0.4, 0.5) is 18.9 Å². The van der Waals surface area contributed by atoms with Crippen LogP contribution in [0.25, 0.3) is 0 Å². The number of amides is 2. The van der Waals surface area contributed by atoms with E-state index in [-0.39, 0.29) is 35.5 Å². The number of hydrogen-bond acceptors (Lipinski definition) is 4. The average molecular weight is 771 g/mol. The molecule has 0 aromatic heterocycles. The topological polar surface area (TPSA) is 86.8 Å². The summed E-state index contributed by atoms with van der Waals surface area (Å²) in [6.45, 7) is 0.870. The molecule has 1 saturated carbocycles. The molecule has 0 unspecified atom stereocenters. The van der Waals surface area contributed by atoms with Gasteiger partial charge in [-0.05, 0) is 73.4 Å². The van der Waals surface area contributed by atoms with Gasteiger partial charge in [0.15, 0.2) is 0 Å². The molecule has 50 heavy (non-hydrogen) atoms. The first-order chi connectivity index (χ1) is 23.8. The van der Waals surface area contributed by atoms with Gasteiger partial charge in [0.2, 0.25) is 11.8 Å². The third-order valence-corrected chi connectivity index (χ3v) is 11.2. The SMILES string of the molecule is Cc1ccc(S(=O)(=O)N(CC(=O)N(Cc2ccc(Br)cc2)[C@H](Cc2ccccc2)C(=O)NC2CCCCC2)c2cccc(C(F)(F)F)c2)cc1. The highest BCUT2D eigenvalue weighted by Crippen LogP contribution is 2.33. The van der Waals surface area contributed by atoms with E-state index in [0.717, 1.165) is 65.9 Å². The Hall–Kier alpha value is -4.16. The van der Waals surface area contributed by atoms with Crippen LogP contribution >= 0.6 is 15.9 Å². The minimum atomic E-state index is -4.76. The molecule has 0 spiro atoms. The number of alkyl halides is 3. The molecule has 1 aliphatic rings. The number of benzene rings is 4. The smallest absolute Gasteiger partial charge is 0.352 e. The van der Waals surface area contributed by atoms with Crippen LogP contribution in [0.5, 0.6) is 0 Å². The molecule has 7 nitrogen and oxygen atoms in total. The lowest BCUT2D eigenvalue weighted by molar-refractivity contribution is -0.140. The molecule has 0 heterocycles. The van der Waals surface area contributed by atoms with Gasteiger partial charge in [-0.1, -0.05) is 101 Å². The van der Waals surface area contributed by atoms with Crippen LogP contribution in [-0.4, -0.2) is 43.8 Å². The summed E-state index contributed by atoms with van der Waals surface area (Å²) in [6, 6.07) is 25.0. The summed E-state index contributed by atoms with van der Waals surface area (Å²) in [5.41, 5.74) is 0.846. The van der Waals surface area contributed by atoms with E-state index in [2.05, 4.69) is 21.2 Å². The standard InChI is InChI=1S/C38H39BrF3N3O4S/c1-27-15-21-34(22-16-27)50(48,49)45(33-14-8-11-30(24-33)38(40,41)42)26-36(46)44(25-29-17-19-31(39)20-18-29)35(23-28-9-4-2-5-10-28)37(47)43-32-12-6-3-7-13-32/h2,4-5,8-11,14-22,24,32,35H,3,6-7,12-13,23,25-26H2,1H3,(H,43,47)/t35-/m1/s1. The van der Waals surface area contributed by atoms with E-state index in [1.165, 1.54) is 23.1 Å². The number of hydrogen-bond donors (Lipinski definition) is 1. The number of anilines is 1. The van der Waals surface area contributed by atoms with Crippen molar-refractivity contribution in [2.24, 2.45) is 0 Å². The number of nitrogens with zero attached hydrogens (tertiary/aromatic N) is 2. The van der Waals surface area contributed by atoms with Gasteiger partial charge in [-0.15, -0.1) is 0 Å². The molecule has 0 saturated heterocycles. The Morgan fingerprint density at radius 1 is 0.860 bits per heavy atom. The largest absolute Gasteiger partial charge is 0.416 e. The van der Waals surface area contributed by atoms with Gasteiger partial charge in [0, 0.05) is 23.5 Å². The third-order valence-electron chi connectivity index (χ3n) is 8.84. The van der Waals surface area contributed by atoms with Gasteiger partial charge < -0.3 is 10.2 Å². The highest BCUT2D eigenvalue weighted by atomic mass is 79.9. The van der Waals surface area contributed by atoms with Gasteiger partial charge in [0.1, 0.15) is 12.6 Å². The number of nitrogens with one attached hydrogen (secondary N) is 1. The fraction of sp³-hybridized carbons (Fsp3) is 0.316. The van der Waals surface area contributed by atoms with Crippen LogP contribution in [0.2, 0.25) is 0 Å². The first-order valence-corrected chi connectivity index (χ1v) is 18.7. The van der Waals surface area contributed by atoms with E-state index in [1.807, 2.05) is 30.3 Å². The van der Waals surface area contributed by atoms with Crippen LogP contribution < -0.4 is 9.62 Å². The predicted molar refractivity (Wildman–Crippen MR) is 191 cm³/mol. The van der Waals surface area contributed by atoms with Crippen LogP contribution in [0.15, 0.2) is 112 Å². The van der Waals surface area contributed by atoms with Crippen LogP contribution in [-0.2, 0) is 38.8 Å². The highest BCUT2D eigenvalue weighted by Gasteiger charge is 2.37. The maximum absolute atomic E-state index is 14.6. The fourth-order valence-corrected chi connectivity index (χ4v) is 7.76. The summed E-state index contributed by atoms with van der Waals surface area (Å²) in [5, 5.41) is 3.14. The zero-order valence-electron chi connectivity index (χ0n) is 27.6. The number of sulfonamides is 1. The Kier molecular flexibility index (Phi) is 12.1. The zero-order chi connectivity index (χ0) is 35.9. The Labute approximate surface area is 299 Å². The number of halogens is 4. The molecule has 1 atom stereocenters. The monoisotopic (exact) mass is 769 g/mol. The van der Waals surface area contributed by atoms with Crippen molar-refractivity contribution < 1.29 is 31.2 Å². The number of rotatable bonds is 12. The van der Waals surface area contributed by atoms with E-state index in [4.69, 9.17) is 0 Å². The molecule has 1 aliphatic carbocycles. The van der Waals surface area contributed by atoms with E-state index >= 15 is 0 Å². The van der Waals surface area contributed by atoms with E-state index < -0.39 is 40.3 Å². The number of carbonyl (C=O) groups excluding carboxylic acids is 2. The maximum Gasteiger partial charge on any atom is 0.416 e. The summed E-state index contributed by atoms with van der Waals surface area (Å²) in [6.07, 6.45) is 0.0120. The quantitative estimate of drug-likeness (QED) is 0.158. The Bertz CT molecular complexity index is 1870. The average Bonchev–Trinajstić information content (AvgIpc) is 3.10. The van der Waals surface area contributed by atoms with Gasteiger partial charge in [-0.3, -0.25) is 13.9 Å². The van der Waals surface area contributed by atoms with Crippen molar-refractivity contribution in [3.8, 4) is 0 Å². The molecule has 0 bridgehead atoms. The molecular weight excluding hydrogens is 731 g/mol. The summed E-state index contributed by atoms with van der Waals surface area (Å²) < 4.78 is 71.5. The fourth-order valence-electron chi connectivity index (χ4n) is 6.09. The zero-order valence-corrected chi connectivity index (χ0v) is 30.0. The summed E-state index contributed by atoms with van der Waals surface area (Å²) in [5.74, 6) is -1.13. The van der Waals surface area contributed by atoms with Crippen molar-refractivity contribution in [2.75, 3.05) is 10.8 Å². The van der Waals surface area contributed by atoms with Crippen molar-refractivity contribution in [3.05, 3.63) is 130 Å². The molecule has 1 fully saturated rings. The molecule has 12 heteroatoms. The minimum absolute atomic E-state index is 0.0529. The van der Waals surface area contributed by atoms with Crippen molar-refractivity contribution in [3.63, 3.8) is 0 Å². The first-order valence-electron chi connectivity index (χ1n) is 16.5. The van der Waals surface area contributed by atoms with Crippen molar-refractivity contribution in [2.45, 2.75) is 75.1 Å². The van der Waals surface area contributed by atoms with E-state index in [0.29, 0.717) is 9.87 Å². The summed E-state index contributed by atoms with van der Waals surface area (Å²) >= 11 is 3.42. The highest BCUT2D eigenvalue weighted by molar-refractivity contribution is 9.10. The summed E-state index contributed by atoms with van der Waals surface area (Å²) in [4.78, 5) is 30.0. The van der Waals surface area contributed by atoms with Crippen LogP contribution in [0.3, 0.4) is 0 Å². The molecule has 2 amide bonds. The lowest BCUT2D eigenvalue weighted by Gasteiger charge is -2.35. The van der Waals surface area contributed by atoms with Gasteiger partial charge in [-0.25, -0.2) is 8.42 Å². The van der Waals surface area contributed by atoms with Gasteiger partial charge in [-0.2, -0.15) is 13.2 Å². The van der Waals surface area contributed by atoms with Crippen LogP contribution in [0, 0.1) is 6.92 Å². The molecule has 0 radical (unpaired) electrons. The molecule has 4 aromatic rings. The Balaban J connectivity index is 1.59. The van der Waals surface area contributed by atoms with Crippen LogP contribution in [0.1, 0.15) is 54.4 Å². The minimum Gasteiger partial charge on any atom is -0.352 e. The third kappa shape index (κ3) is 9.54. The van der Waals surface area contributed by atoms with Crippen molar-refractivity contribution in [1.82, 2.24) is 10.2 Å². The van der Waals surface area contributed by atoms with E-state index in [1.54, 1.807) is 43.3 Å². The molecule has 1 N–H and O–H groups in total. The van der Waals surface area contributed by atoms with Crippen molar-refractivity contribution in [1.29, 1.82) is 0 Å². The first kappa shape index (κ1) is 37.1. The van der Waals surface area contributed by atoms with E-state index in [9.17, 15) is 31.2 Å². The molecule has 0 aliphatic heterocycles. The molecule has 4 aromatic carbocycles. The second-order valence-electron chi connectivity index (χ2n) is 12.6. The normalized spacial score (nSPS) is 14.5. The Morgan fingerprint density at radius 3 is 2.16 bits per heavy atom. The second-order valence-corrected chi connectivity index (χ2v) is 15.3.